The number of para-hydroxylation sites is 1. The first-order valence-electron chi connectivity index (χ1n) is 7.15. The maximum Gasteiger partial charge on any atom is 1.00 e. The van der Waals surface area contributed by atoms with Crippen LogP contribution in [-0.4, -0.2) is 28.6 Å². The van der Waals surface area contributed by atoms with E-state index in [1.807, 2.05) is 30.3 Å². The number of carboxylic acid groups (broad SMARTS) is 2. The molecule has 3 rings (SSSR count). The molecular formula is C18H16N2Na2O5. The van der Waals surface area contributed by atoms with E-state index in [-0.39, 0.29) is 77.1 Å². The van der Waals surface area contributed by atoms with Crippen molar-refractivity contribution in [3.8, 4) is 5.88 Å². The van der Waals surface area contributed by atoms with Crippen LogP contribution in [0.25, 0.3) is 10.9 Å². The summed E-state index contributed by atoms with van der Waals surface area (Å²) >= 11 is 0. The van der Waals surface area contributed by atoms with E-state index >= 15 is 0 Å². The summed E-state index contributed by atoms with van der Waals surface area (Å²) in [6.45, 7) is -0.389. The molecule has 0 aliphatic carbocycles. The van der Waals surface area contributed by atoms with Gasteiger partial charge in [-0.25, -0.2) is 4.98 Å². The third kappa shape index (κ3) is 11.8. The molecule has 7 nitrogen and oxygen atoms in total. The number of carbonyl (C=O) groups is 2. The number of hydrogen-bond acceptors (Lipinski definition) is 7. The molecule has 0 fully saturated rings. The number of rotatable bonds is 2. The van der Waals surface area contributed by atoms with Crippen molar-refractivity contribution in [2.24, 2.45) is 5.73 Å². The monoisotopic (exact) mass is 386 g/mol. The topological polar surface area (TPSA) is 139 Å². The average Bonchev–Trinajstić information content (AvgIpc) is 2.63. The second kappa shape index (κ2) is 15.6. The van der Waals surface area contributed by atoms with Gasteiger partial charge in [-0.2, -0.15) is 0 Å². The van der Waals surface area contributed by atoms with Crippen LogP contribution in [0.2, 0.25) is 0 Å². The van der Waals surface area contributed by atoms with Crippen molar-refractivity contribution < 1.29 is 84.0 Å². The average molecular weight is 386 g/mol. The molecule has 2 aromatic carbocycles. The number of pyridine rings is 1. The molecule has 3 aromatic rings. The molecule has 3 N–H and O–H groups in total. The van der Waals surface area contributed by atoms with Crippen LogP contribution >= 0.6 is 0 Å². The van der Waals surface area contributed by atoms with E-state index in [0.717, 1.165) is 10.9 Å². The van der Waals surface area contributed by atoms with E-state index in [1.54, 1.807) is 24.3 Å². The number of carboxylic acids is 2. The number of aromatic carboxylic acids is 1. The summed E-state index contributed by atoms with van der Waals surface area (Å²) in [7, 11) is 0. The Labute approximate surface area is 200 Å². The fourth-order valence-corrected chi connectivity index (χ4v) is 1.63. The van der Waals surface area contributed by atoms with Crippen molar-refractivity contribution in [2.75, 3.05) is 6.54 Å². The Hall–Kier alpha value is -1.45. The fourth-order valence-electron chi connectivity index (χ4n) is 1.63. The normalized spacial score (nSPS) is 8.48. The van der Waals surface area contributed by atoms with E-state index in [9.17, 15) is 9.90 Å². The van der Waals surface area contributed by atoms with Gasteiger partial charge in [0.15, 0.2) is 0 Å². The quantitative estimate of drug-likeness (QED) is 0.418. The zero-order valence-corrected chi connectivity index (χ0v) is 19.2. The van der Waals surface area contributed by atoms with Crippen LogP contribution in [0, 0.1) is 0 Å². The maximum atomic E-state index is 10.1. The van der Waals surface area contributed by atoms with E-state index in [1.165, 1.54) is 12.1 Å². The molecule has 0 saturated carbocycles. The number of aliphatic carboxylic acids is 1. The van der Waals surface area contributed by atoms with E-state index in [0.29, 0.717) is 0 Å². The third-order valence-electron chi connectivity index (χ3n) is 2.76. The van der Waals surface area contributed by atoms with Gasteiger partial charge in [-0.15, -0.1) is 0 Å². The minimum absolute atomic E-state index is 0. The van der Waals surface area contributed by atoms with Gasteiger partial charge in [0.25, 0.3) is 0 Å². The molecule has 0 spiro atoms. The molecule has 0 saturated heterocycles. The number of nitrogens with two attached hydrogens (primary N) is 1. The summed E-state index contributed by atoms with van der Waals surface area (Å²) < 4.78 is 0. The summed E-state index contributed by atoms with van der Waals surface area (Å²) in [5, 5.41) is 29.3. The SMILES string of the molecule is NCC(=O)[O-].O=C([O-])c1ccccc1.Oc1ccc2ccccc2n1.[Na+].[Na+]. The molecule has 9 heteroatoms. The van der Waals surface area contributed by atoms with Gasteiger partial charge < -0.3 is 30.6 Å². The second-order valence-electron chi connectivity index (χ2n) is 4.59. The summed E-state index contributed by atoms with van der Waals surface area (Å²) in [5.41, 5.74) is 5.56. The van der Waals surface area contributed by atoms with Crippen molar-refractivity contribution in [1.82, 2.24) is 4.98 Å². The largest absolute Gasteiger partial charge is 1.00 e. The number of aromatic hydroxyl groups is 1. The van der Waals surface area contributed by atoms with Crippen molar-refractivity contribution in [2.45, 2.75) is 0 Å². The minimum atomic E-state index is -1.22. The first kappa shape index (κ1) is 27.8. The van der Waals surface area contributed by atoms with Crippen molar-refractivity contribution in [1.29, 1.82) is 0 Å². The van der Waals surface area contributed by atoms with Crippen molar-refractivity contribution in [3.63, 3.8) is 0 Å². The molecule has 1 heterocycles. The molecule has 0 aliphatic heterocycles. The second-order valence-corrected chi connectivity index (χ2v) is 4.59. The maximum absolute atomic E-state index is 10.1. The van der Waals surface area contributed by atoms with Gasteiger partial charge >= 0.3 is 59.1 Å². The Morgan fingerprint density at radius 1 is 0.889 bits per heavy atom. The van der Waals surface area contributed by atoms with Gasteiger partial charge in [-0.1, -0.05) is 48.5 Å². The van der Waals surface area contributed by atoms with Crippen molar-refractivity contribution in [3.05, 3.63) is 72.3 Å². The molecule has 0 bridgehead atoms. The number of nitrogens with zero attached hydrogens (tertiary/aromatic N) is 1. The molecule has 0 amide bonds. The van der Waals surface area contributed by atoms with Crippen molar-refractivity contribution >= 4 is 22.8 Å². The zero-order chi connectivity index (χ0) is 18.7. The van der Waals surface area contributed by atoms with E-state index in [2.05, 4.69) is 10.7 Å². The molecule has 0 aliphatic rings. The number of aromatic nitrogens is 1. The Kier molecular flexibility index (Phi) is 16.0. The van der Waals surface area contributed by atoms with Crippen LogP contribution in [0.4, 0.5) is 0 Å². The Morgan fingerprint density at radius 2 is 1.41 bits per heavy atom. The first-order chi connectivity index (χ1) is 11.9. The van der Waals surface area contributed by atoms with Crippen LogP contribution in [0.15, 0.2) is 66.7 Å². The molecule has 0 atom stereocenters. The summed E-state index contributed by atoms with van der Waals surface area (Å²) in [4.78, 5) is 23.2. The molecule has 0 unspecified atom stereocenters. The smallest absolute Gasteiger partial charge is 0.549 e. The van der Waals surface area contributed by atoms with Crippen LogP contribution in [0.1, 0.15) is 10.4 Å². The van der Waals surface area contributed by atoms with Gasteiger partial charge in [0.1, 0.15) is 0 Å². The molecule has 0 radical (unpaired) electrons. The number of benzene rings is 2. The van der Waals surface area contributed by atoms with E-state index in [4.69, 9.17) is 15.0 Å². The van der Waals surface area contributed by atoms with Gasteiger partial charge in [0.2, 0.25) is 5.88 Å². The number of hydrogen-bond donors (Lipinski definition) is 2. The minimum Gasteiger partial charge on any atom is -0.549 e. The molecule has 130 valence electrons. The Bertz CT molecular complexity index is 832. The van der Waals surface area contributed by atoms with Gasteiger partial charge in [0, 0.05) is 18.0 Å². The fraction of sp³-hybridized carbons (Fsp3) is 0.0556. The zero-order valence-electron chi connectivity index (χ0n) is 15.2. The standard InChI is InChI=1S/C9H7NO.C7H6O2.C2H5NO2.2Na/c11-9-6-5-7-3-1-2-4-8(7)10-9;8-7(9)6-4-2-1-3-5-6;3-1-2(4)5;;/h1-6H,(H,10,11);1-5H,(H,8,9);1,3H2,(H,4,5);;/q;;;2*+1/p-2. The third-order valence-corrected chi connectivity index (χ3v) is 2.76. The van der Waals surface area contributed by atoms with E-state index < -0.39 is 11.9 Å². The summed E-state index contributed by atoms with van der Waals surface area (Å²) in [6, 6.07) is 19.2. The van der Waals surface area contributed by atoms with Crippen LogP contribution < -0.4 is 75.1 Å². The van der Waals surface area contributed by atoms with Crippen LogP contribution in [0.3, 0.4) is 0 Å². The van der Waals surface area contributed by atoms with Crippen LogP contribution in [-0.2, 0) is 4.79 Å². The summed E-state index contributed by atoms with van der Waals surface area (Å²) in [5.74, 6) is -2.27. The van der Waals surface area contributed by atoms with Gasteiger partial charge in [-0.3, -0.25) is 0 Å². The Balaban J connectivity index is 0. The summed E-state index contributed by atoms with van der Waals surface area (Å²) in [6.07, 6.45) is 0. The Morgan fingerprint density at radius 3 is 1.89 bits per heavy atom. The van der Waals surface area contributed by atoms with Gasteiger partial charge in [0.05, 0.1) is 17.5 Å². The molecule has 27 heavy (non-hydrogen) atoms. The van der Waals surface area contributed by atoms with Gasteiger partial charge in [-0.05, 0) is 17.7 Å². The van der Waals surface area contributed by atoms with Crippen LogP contribution in [0.5, 0.6) is 5.88 Å². The molecular weight excluding hydrogens is 370 g/mol. The predicted octanol–water partition coefficient (Wildman–Crippen LogP) is -6.31. The first-order valence-corrected chi connectivity index (χ1v) is 7.15. The molecule has 1 aromatic heterocycles. The predicted molar refractivity (Wildman–Crippen MR) is 88.2 cm³/mol. The number of carbonyl (C=O) groups excluding carboxylic acids is 2. The number of fused-ring (bicyclic) bond motifs is 1.